The minimum atomic E-state index is 0.176. The van der Waals surface area contributed by atoms with Crippen molar-refractivity contribution >= 4 is 22.5 Å². The molecule has 0 aliphatic heterocycles. The molecule has 2 N–H and O–H groups in total. The summed E-state index contributed by atoms with van der Waals surface area (Å²) < 4.78 is 0. The molecule has 0 saturated carbocycles. The zero-order chi connectivity index (χ0) is 8.72. The Kier molecular flexibility index (Phi) is 1.51. The lowest BCUT2D eigenvalue weighted by Crippen LogP contribution is -1.75. The highest BCUT2D eigenvalue weighted by Crippen LogP contribution is 2.25. The monoisotopic (exact) mass is 181 g/mol. The van der Waals surface area contributed by atoms with E-state index in [0.29, 0.717) is 5.02 Å². The van der Waals surface area contributed by atoms with Crippen molar-refractivity contribution in [1.29, 1.82) is 0 Å². The van der Waals surface area contributed by atoms with Crippen LogP contribution in [0.1, 0.15) is 5.56 Å². The Hall–Kier alpha value is -1.15. The van der Waals surface area contributed by atoms with Crippen LogP contribution in [-0.4, -0.2) is 10.1 Å². The molecule has 0 atom stereocenters. The minimum Gasteiger partial charge on any atom is -0.495 e. The Morgan fingerprint density at radius 3 is 2.83 bits per heavy atom. The lowest BCUT2D eigenvalue weighted by molar-refractivity contribution is 0.458. The van der Waals surface area contributed by atoms with Crippen LogP contribution in [0.2, 0.25) is 5.02 Å². The third-order valence-corrected chi connectivity index (χ3v) is 2.09. The minimum absolute atomic E-state index is 0.176. The Morgan fingerprint density at radius 1 is 1.33 bits per heavy atom. The third-order valence-electron chi connectivity index (χ3n) is 1.88. The molecule has 62 valence electrons. The van der Waals surface area contributed by atoms with Gasteiger partial charge in [-0.1, -0.05) is 11.6 Å². The van der Waals surface area contributed by atoms with Crippen LogP contribution in [0.15, 0.2) is 18.2 Å². The first-order valence-electron chi connectivity index (χ1n) is 3.64. The average molecular weight is 182 g/mol. The normalized spacial score (nSPS) is 10.8. The van der Waals surface area contributed by atoms with Gasteiger partial charge in [-0.3, -0.25) is 0 Å². The first kappa shape index (κ1) is 7.50. The average Bonchev–Trinajstić information content (AvgIpc) is 2.29. The number of fused-ring (bicyclic) bond motifs is 1. The Labute approximate surface area is 74.8 Å². The molecule has 0 aliphatic carbocycles. The number of rotatable bonds is 0. The molecule has 1 aromatic carbocycles. The van der Waals surface area contributed by atoms with Gasteiger partial charge in [0.2, 0.25) is 0 Å². The lowest BCUT2D eigenvalue weighted by Gasteiger charge is -1.95. The zero-order valence-electron chi connectivity index (χ0n) is 6.56. The van der Waals surface area contributed by atoms with Gasteiger partial charge >= 0.3 is 0 Å². The van der Waals surface area contributed by atoms with Gasteiger partial charge in [0.25, 0.3) is 0 Å². The second kappa shape index (κ2) is 2.42. The van der Waals surface area contributed by atoms with Gasteiger partial charge in [0.15, 0.2) is 5.88 Å². The molecule has 2 aromatic rings. The molecule has 0 spiro atoms. The van der Waals surface area contributed by atoms with Crippen LogP contribution in [0, 0.1) is 6.92 Å². The molecule has 1 aromatic heterocycles. The predicted molar refractivity (Wildman–Crippen MR) is 49.7 cm³/mol. The number of hydrogen-bond acceptors (Lipinski definition) is 1. The lowest BCUT2D eigenvalue weighted by atomic mass is 10.2. The van der Waals surface area contributed by atoms with E-state index in [1.165, 1.54) is 0 Å². The molecule has 0 saturated heterocycles. The van der Waals surface area contributed by atoms with Gasteiger partial charge in [0.05, 0.1) is 5.52 Å². The number of aryl methyl sites for hydroxylation is 1. The smallest absolute Gasteiger partial charge is 0.189 e. The van der Waals surface area contributed by atoms with Crippen molar-refractivity contribution < 1.29 is 5.11 Å². The molecule has 2 nitrogen and oxygen atoms in total. The van der Waals surface area contributed by atoms with Gasteiger partial charge < -0.3 is 10.1 Å². The van der Waals surface area contributed by atoms with Crippen LogP contribution in [0.5, 0.6) is 5.88 Å². The maximum absolute atomic E-state index is 9.17. The van der Waals surface area contributed by atoms with Crippen LogP contribution < -0.4 is 0 Å². The van der Waals surface area contributed by atoms with Crippen molar-refractivity contribution in [3.05, 3.63) is 28.8 Å². The van der Waals surface area contributed by atoms with Gasteiger partial charge in [-0.25, -0.2) is 0 Å². The van der Waals surface area contributed by atoms with E-state index in [0.717, 1.165) is 16.5 Å². The van der Waals surface area contributed by atoms with E-state index < -0.39 is 0 Å². The van der Waals surface area contributed by atoms with Gasteiger partial charge in [0, 0.05) is 16.5 Å². The van der Waals surface area contributed by atoms with E-state index in [4.69, 9.17) is 11.6 Å². The summed E-state index contributed by atoms with van der Waals surface area (Å²) in [6.45, 7) is 1.95. The van der Waals surface area contributed by atoms with Crippen LogP contribution >= 0.6 is 11.6 Å². The highest BCUT2D eigenvalue weighted by molar-refractivity contribution is 6.31. The molecule has 3 heteroatoms. The van der Waals surface area contributed by atoms with E-state index in [1.54, 1.807) is 6.07 Å². The quantitative estimate of drug-likeness (QED) is 0.644. The fourth-order valence-corrected chi connectivity index (χ4v) is 1.65. The maximum atomic E-state index is 9.17. The molecule has 12 heavy (non-hydrogen) atoms. The largest absolute Gasteiger partial charge is 0.495 e. The van der Waals surface area contributed by atoms with E-state index in [2.05, 4.69) is 4.98 Å². The molecular weight excluding hydrogens is 174 g/mol. The van der Waals surface area contributed by atoms with E-state index in [9.17, 15) is 5.11 Å². The van der Waals surface area contributed by atoms with Crippen molar-refractivity contribution in [3.63, 3.8) is 0 Å². The summed E-state index contributed by atoms with van der Waals surface area (Å²) in [6.07, 6.45) is 0. The Balaban J connectivity index is 2.88. The molecule has 0 fully saturated rings. The summed E-state index contributed by atoms with van der Waals surface area (Å²) >= 11 is 5.84. The van der Waals surface area contributed by atoms with Crippen LogP contribution in [0.25, 0.3) is 10.9 Å². The van der Waals surface area contributed by atoms with Crippen molar-refractivity contribution in [1.82, 2.24) is 4.98 Å². The molecule has 0 unspecified atom stereocenters. The highest BCUT2D eigenvalue weighted by atomic mass is 35.5. The summed E-state index contributed by atoms with van der Waals surface area (Å²) in [4.78, 5) is 2.85. The summed E-state index contributed by atoms with van der Waals surface area (Å²) in [5.41, 5.74) is 1.98. The van der Waals surface area contributed by atoms with Gasteiger partial charge in [-0.15, -0.1) is 0 Å². The second-order valence-corrected chi connectivity index (χ2v) is 3.28. The Bertz CT molecular complexity index is 433. The van der Waals surface area contributed by atoms with Crippen molar-refractivity contribution in [2.45, 2.75) is 6.92 Å². The molecule has 0 amide bonds. The maximum Gasteiger partial charge on any atom is 0.189 e. The summed E-state index contributed by atoms with van der Waals surface area (Å²) in [5, 5.41) is 10.8. The summed E-state index contributed by atoms with van der Waals surface area (Å²) in [6, 6.07) is 5.34. The SMILES string of the molecule is Cc1cc(Cl)cc2cc(O)[nH]c12. The number of aromatic amines is 1. The van der Waals surface area contributed by atoms with Crippen LogP contribution in [0.3, 0.4) is 0 Å². The first-order valence-corrected chi connectivity index (χ1v) is 4.02. The number of aromatic nitrogens is 1. The van der Waals surface area contributed by atoms with E-state index >= 15 is 0 Å². The fourth-order valence-electron chi connectivity index (χ4n) is 1.37. The topological polar surface area (TPSA) is 36.0 Å². The number of hydrogen-bond donors (Lipinski definition) is 2. The fraction of sp³-hybridized carbons (Fsp3) is 0.111. The number of H-pyrrole nitrogens is 1. The zero-order valence-corrected chi connectivity index (χ0v) is 7.31. The molecule has 1 heterocycles. The standard InChI is InChI=1S/C9H8ClNO/c1-5-2-7(10)3-6-4-8(12)11-9(5)6/h2-4,11-12H,1H3. The van der Waals surface area contributed by atoms with Crippen molar-refractivity contribution in [2.24, 2.45) is 0 Å². The van der Waals surface area contributed by atoms with Crippen molar-refractivity contribution in [2.75, 3.05) is 0 Å². The summed E-state index contributed by atoms with van der Waals surface area (Å²) in [7, 11) is 0. The van der Waals surface area contributed by atoms with E-state index in [-0.39, 0.29) is 5.88 Å². The molecular formula is C9H8ClNO. The highest BCUT2D eigenvalue weighted by Gasteiger charge is 2.02. The summed E-state index contributed by atoms with van der Waals surface area (Å²) in [5.74, 6) is 0.176. The van der Waals surface area contributed by atoms with Gasteiger partial charge in [0.1, 0.15) is 0 Å². The number of halogens is 1. The Morgan fingerprint density at radius 2 is 2.08 bits per heavy atom. The molecule has 0 radical (unpaired) electrons. The van der Waals surface area contributed by atoms with Gasteiger partial charge in [-0.2, -0.15) is 0 Å². The van der Waals surface area contributed by atoms with Crippen LogP contribution in [-0.2, 0) is 0 Å². The first-order chi connectivity index (χ1) is 5.66. The number of aromatic hydroxyl groups is 1. The molecule has 2 rings (SSSR count). The second-order valence-electron chi connectivity index (χ2n) is 2.84. The van der Waals surface area contributed by atoms with Crippen molar-refractivity contribution in [3.8, 4) is 5.88 Å². The number of benzene rings is 1. The van der Waals surface area contributed by atoms with E-state index in [1.807, 2.05) is 19.1 Å². The number of nitrogens with one attached hydrogen (secondary N) is 1. The predicted octanol–water partition coefficient (Wildman–Crippen LogP) is 2.84. The third kappa shape index (κ3) is 1.04. The van der Waals surface area contributed by atoms with Gasteiger partial charge in [-0.05, 0) is 24.6 Å². The molecule has 0 aliphatic rings. The van der Waals surface area contributed by atoms with Crippen LogP contribution in [0.4, 0.5) is 0 Å². The molecule has 0 bridgehead atoms.